The highest BCUT2D eigenvalue weighted by Crippen LogP contribution is 2.18. The molecule has 0 aromatic rings. The van der Waals surface area contributed by atoms with Crippen molar-refractivity contribution in [2.45, 2.75) is 52.1 Å². The van der Waals surface area contributed by atoms with Gasteiger partial charge in [0.1, 0.15) is 0 Å². The number of carbonyl (C=O) groups excluding carboxylic acids is 1. The monoisotopic (exact) mass is 202 g/mol. The van der Waals surface area contributed by atoms with E-state index in [4.69, 9.17) is 0 Å². The molecule has 0 heterocycles. The predicted molar refractivity (Wildman–Crippen MR) is 55.9 cm³/mol. The average molecular weight is 202 g/mol. The first kappa shape index (κ1) is 13.4. The molecule has 0 aliphatic rings. The Hall–Kier alpha value is -0.570. The fourth-order valence-corrected chi connectivity index (χ4v) is 1.53. The number of esters is 1. The molecule has 0 fully saturated rings. The minimum atomic E-state index is -0.943. The van der Waals surface area contributed by atoms with Crippen LogP contribution in [0.25, 0.3) is 0 Å². The van der Waals surface area contributed by atoms with Gasteiger partial charge in [0.2, 0.25) is 0 Å². The van der Waals surface area contributed by atoms with Gasteiger partial charge in [-0.05, 0) is 12.3 Å². The van der Waals surface area contributed by atoms with E-state index in [1.54, 1.807) is 0 Å². The van der Waals surface area contributed by atoms with Gasteiger partial charge >= 0.3 is 5.97 Å². The van der Waals surface area contributed by atoms with E-state index < -0.39 is 12.1 Å². The lowest BCUT2D eigenvalue weighted by molar-refractivity contribution is -0.151. The minimum Gasteiger partial charge on any atom is -0.467 e. The second-order valence-electron chi connectivity index (χ2n) is 3.69. The van der Waals surface area contributed by atoms with Gasteiger partial charge in [0.25, 0.3) is 0 Å². The van der Waals surface area contributed by atoms with E-state index in [-0.39, 0.29) is 0 Å². The van der Waals surface area contributed by atoms with E-state index >= 15 is 0 Å². The van der Waals surface area contributed by atoms with Crippen LogP contribution in [-0.2, 0) is 9.53 Å². The molecule has 0 saturated heterocycles. The second kappa shape index (κ2) is 7.80. The minimum absolute atomic E-state index is 0.434. The molecule has 3 nitrogen and oxygen atoms in total. The topological polar surface area (TPSA) is 46.5 Å². The summed E-state index contributed by atoms with van der Waals surface area (Å²) in [6.07, 6.45) is 4.00. The van der Waals surface area contributed by atoms with Crippen LogP contribution in [0.15, 0.2) is 0 Å². The molecule has 0 aliphatic carbocycles. The highest BCUT2D eigenvalue weighted by Gasteiger charge is 2.19. The average Bonchev–Trinajstić information content (AvgIpc) is 2.22. The van der Waals surface area contributed by atoms with E-state index in [0.29, 0.717) is 12.3 Å². The van der Waals surface area contributed by atoms with Crippen molar-refractivity contribution < 1.29 is 14.6 Å². The summed E-state index contributed by atoms with van der Waals surface area (Å²) in [6.45, 7) is 4.23. The third-order valence-corrected chi connectivity index (χ3v) is 2.57. The van der Waals surface area contributed by atoms with Crippen molar-refractivity contribution in [2.75, 3.05) is 7.11 Å². The van der Waals surface area contributed by atoms with Crippen LogP contribution in [0.5, 0.6) is 0 Å². The van der Waals surface area contributed by atoms with Crippen LogP contribution in [0.2, 0.25) is 0 Å². The molecule has 0 saturated carbocycles. The molecule has 14 heavy (non-hydrogen) atoms. The fourth-order valence-electron chi connectivity index (χ4n) is 1.53. The van der Waals surface area contributed by atoms with E-state index in [0.717, 1.165) is 25.7 Å². The molecule has 0 spiro atoms. The first-order valence-electron chi connectivity index (χ1n) is 5.41. The summed E-state index contributed by atoms with van der Waals surface area (Å²) in [6, 6.07) is 0. The Labute approximate surface area is 86.5 Å². The molecule has 0 rings (SSSR count). The van der Waals surface area contributed by atoms with Crippen LogP contribution < -0.4 is 0 Å². The summed E-state index contributed by atoms with van der Waals surface area (Å²) in [4.78, 5) is 11.0. The molecule has 0 amide bonds. The Morgan fingerprint density at radius 2 is 2.07 bits per heavy atom. The van der Waals surface area contributed by atoms with Crippen LogP contribution in [0.4, 0.5) is 0 Å². The number of hydrogen-bond acceptors (Lipinski definition) is 3. The molecular formula is C11H22O3. The first-order valence-corrected chi connectivity index (χ1v) is 5.41. The van der Waals surface area contributed by atoms with E-state index in [2.05, 4.69) is 18.6 Å². The van der Waals surface area contributed by atoms with Crippen molar-refractivity contribution in [3.8, 4) is 0 Å². The van der Waals surface area contributed by atoms with Gasteiger partial charge < -0.3 is 9.84 Å². The highest BCUT2D eigenvalue weighted by atomic mass is 16.5. The van der Waals surface area contributed by atoms with Gasteiger partial charge in [-0.25, -0.2) is 4.79 Å². The van der Waals surface area contributed by atoms with Crippen molar-refractivity contribution in [3.63, 3.8) is 0 Å². The SMILES string of the molecule is CCCCC(CC)CC(O)C(=O)OC. The van der Waals surface area contributed by atoms with Gasteiger partial charge in [-0.2, -0.15) is 0 Å². The van der Waals surface area contributed by atoms with Crippen LogP contribution in [0.3, 0.4) is 0 Å². The van der Waals surface area contributed by atoms with Crippen molar-refractivity contribution in [1.82, 2.24) is 0 Å². The van der Waals surface area contributed by atoms with Crippen molar-refractivity contribution in [2.24, 2.45) is 5.92 Å². The lowest BCUT2D eigenvalue weighted by atomic mass is 9.93. The quantitative estimate of drug-likeness (QED) is 0.643. The normalized spacial score (nSPS) is 14.9. The summed E-state index contributed by atoms with van der Waals surface area (Å²) < 4.78 is 4.47. The van der Waals surface area contributed by atoms with Crippen LogP contribution >= 0.6 is 0 Å². The zero-order chi connectivity index (χ0) is 11.0. The maximum absolute atomic E-state index is 11.0. The molecule has 2 unspecified atom stereocenters. The van der Waals surface area contributed by atoms with Crippen LogP contribution in [-0.4, -0.2) is 24.3 Å². The summed E-state index contributed by atoms with van der Waals surface area (Å²) in [7, 11) is 1.30. The van der Waals surface area contributed by atoms with Crippen molar-refractivity contribution >= 4 is 5.97 Å². The number of aliphatic hydroxyl groups excluding tert-OH is 1. The van der Waals surface area contributed by atoms with Gasteiger partial charge in [0.05, 0.1) is 7.11 Å². The summed E-state index contributed by atoms with van der Waals surface area (Å²) in [5, 5.41) is 9.44. The molecule has 2 atom stereocenters. The molecule has 0 aromatic heterocycles. The molecule has 0 aliphatic heterocycles. The fraction of sp³-hybridized carbons (Fsp3) is 0.909. The van der Waals surface area contributed by atoms with Gasteiger partial charge in [0.15, 0.2) is 6.10 Å². The van der Waals surface area contributed by atoms with Crippen LogP contribution in [0.1, 0.15) is 46.0 Å². The zero-order valence-corrected chi connectivity index (χ0v) is 9.45. The van der Waals surface area contributed by atoms with Gasteiger partial charge in [-0.3, -0.25) is 0 Å². The smallest absolute Gasteiger partial charge is 0.334 e. The largest absolute Gasteiger partial charge is 0.467 e. The number of rotatable bonds is 7. The molecule has 0 aromatic carbocycles. The van der Waals surface area contributed by atoms with Gasteiger partial charge in [0, 0.05) is 0 Å². The summed E-state index contributed by atoms with van der Waals surface area (Å²) in [5.41, 5.74) is 0. The third kappa shape index (κ3) is 5.22. The predicted octanol–water partition coefficient (Wildman–Crippen LogP) is 2.13. The molecule has 3 heteroatoms. The number of carbonyl (C=O) groups is 1. The van der Waals surface area contributed by atoms with E-state index in [1.165, 1.54) is 7.11 Å². The lowest BCUT2D eigenvalue weighted by Crippen LogP contribution is -2.24. The molecule has 1 N–H and O–H groups in total. The van der Waals surface area contributed by atoms with Crippen LogP contribution in [0, 0.1) is 5.92 Å². The number of aliphatic hydroxyl groups is 1. The van der Waals surface area contributed by atoms with Gasteiger partial charge in [-0.15, -0.1) is 0 Å². The Kier molecular flexibility index (Phi) is 7.48. The number of hydrogen-bond donors (Lipinski definition) is 1. The zero-order valence-electron chi connectivity index (χ0n) is 9.45. The van der Waals surface area contributed by atoms with E-state index in [9.17, 15) is 9.90 Å². The molecule has 0 bridgehead atoms. The Morgan fingerprint density at radius 3 is 2.50 bits per heavy atom. The third-order valence-electron chi connectivity index (χ3n) is 2.57. The number of unbranched alkanes of at least 4 members (excludes halogenated alkanes) is 1. The summed E-state index contributed by atoms with van der Waals surface area (Å²) in [5.74, 6) is -0.0796. The lowest BCUT2D eigenvalue weighted by Gasteiger charge is -2.16. The summed E-state index contributed by atoms with van der Waals surface area (Å²) >= 11 is 0. The molecular weight excluding hydrogens is 180 g/mol. The molecule has 0 radical (unpaired) electrons. The number of ether oxygens (including phenoxy) is 1. The van der Waals surface area contributed by atoms with E-state index in [1.807, 2.05) is 0 Å². The Morgan fingerprint density at radius 1 is 1.43 bits per heavy atom. The maximum Gasteiger partial charge on any atom is 0.334 e. The Balaban J connectivity index is 3.85. The standard InChI is InChI=1S/C11H22O3/c1-4-6-7-9(5-2)8-10(12)11(13)14-3/h9-10,12H,4-8H2,1-3H3. The molecule has 84 valence electrons. The second-order valence-corrected chi connectivity index (χ2v) is 3.69. The van der Waals surface area contributed by atoms with Gasteiger partial charge in [-0.1, -0.05) is 39.5 Å². The van der Waals surface area contributed by atoms with Crippen molar-refractivity contribution in [1.29, 1.82) is 0 Å². The first-order chi connectivity index (χ1) is 6.65. The Bertz CT molecular complexity index is 157. The van der Waals surface area contributed by atoms with Crippen molar-refractivity contribution in [3.05, 3.63) is 0 Å². The highest BCUT2D eigenvalue weighted by molar-refractivity contribution is 5.74. The number of methoxy groups -OCH3 is 1. The maximum atomic E-state index is 11.0.